The maximum Gasteiger partial charge on any atom is 0.178 e. The van der Waals surface area contributed by atoms with E-state index in [-0.39, 0.29) is 5.82 Å². The molecule has 10 nitrogen and oxygen atoms in total. The van der Waals surface area contributed by atoms with Crippen molar-refractivity contribution in [2.24, 2.45) is 0 Å². The van der Waals surface area contributed by atoms with Crippen molar-refractivity contribution in [3.05, 3.63) is 72.4 Å². The molecule has 0 atom stereocenters. The monoisotopic (exact) mass is 576 g/mol. The summed E-state index contributed by atoms with van der Waals surface area (Å²) in [6.45, 7) is 4.70. The predicted octanol–water partition coefficient (Wildman–Crippen LogP) is 5.33. The van der Waals surface area contributed by atoms with Crippen LogP contribution in [0.2, 0.25) is 0 Å². The molecule has 1 fully saturated rings. The number of nitrogens with zero attached hydrogens (tertiary/aromatic N) is 7. The second kappa shape index (κ2) is 11.5. The van der Waals surface area contributed by atoms with E-state index >= 15 is 0 Å². The minimum absolute atomic E-state index is 0.316. The number of likely N-dealkylation sites (N-methyl/N-ethyl adjacent to an activating group) is 1. The summed E-state index contributed by atoms with van der Waals surface area (Å²) in [5.41, 5.74) is 8.50. The summed E-state index contributed by atoms with van der Waals surface area (Å²) in [7, 11) is 4.01. The van der Waals surface area contributed by atoms with Crippen LogP contribution in [-0.2, 0) is 6.54 Å². The number of hydrogen-bond acceptors (Lipinski definition) is 8. The molecule has 0 unspecified atom stereocenters. The highest BCUT2D eigenvalue weighted by Crippen LogP contribution is 2.32. The van der Waals surface area contributed by atoms with E-state index < -0.39 is 0 Å². The molecule has 1 aliphatic heterocycles. The summed E-state index contributed by atoms with van der Waals surface area (Å²) in [6.07, 6.45) is 7.98. The van der Waals surface area contributed by atoms with E-state index in [0.29, 0.717) is 34.7 Å². The zero-order chi connectivity index (χ0) is 29.3. The van der Waals surface area contributed by atoms with Gasteiger partial charge in [0.2, 0.25) is 0 Å². The number of nitrogens with one attached hydrogen (secondary N) is 3. The van der Waals surface area contributed by atoms with Crippen molar-refractivity contribution in [2.75, 3.05) is 45.6 Å². The minimum atomic E-state index is -0.316. The van der Waals surface area contributed by atoms with Crippen LogP contribution in [-0.4, -0.2) is 85.2 Å². The molecular formula is C32H33FN10. The molecule has 0 spiro atoms. The maximum absolute atomic E-state index is 14.7. The quantitative estimate of drug-likeness (QED) is 0.212. The molecule has 0 bridgehead atoms. The van der Waals surface area contributed by atoms with Crippen LogP contribution < -0.4 is 5.32 Å². The third-order valence-electron chi connectivity index (χ3n) is 7.82. The molecular weight excluding hydrogens is 543 g/mol. The van der Waals surface area contributed by atoms with Gasteiger partial charge in [-0.3, -0.25) is 15.0 Å². The lowest BCUT2D eigenvalue weighted by molar-refractivity contribution is 0.331. The number of pyridine rings is 3. The van der Waals surface area contributed by atoms with Gasteiger partial charge in [-0.15, -0.1) is 0 Å². The van der Waals surface area contributed by atoms with Gasteiger partial charge in [0.15, 0.2) is 17.2 Å². The van der Waals surface area contributed by atoms with Gasteiger partial charge in [-0.2, -0.15) is 5.10 Å². The van der Waals surface area contributed by atoms with Crippen molar-refractivity contribution in [1.82, 2.24) is 44.9 Å². The van der Waals surface area contributed by atoms with Gasteiger partial charge in [-0.1, -0.05) is 0 Å². The standard InChI is InChI=1S/C32H33FN10/c1-42(2)12-9-35-24-15-21(14-23(33)16-24)25-7-8-36-31-28(25)38-32(39-31)30-29-27(40-41-30)6-5-26(37-29)22-13-20(17-34-18-22)19-43-10-3-4-11-43/h5-8,13-18,35H,3-4,9-12,19H2,1-2H3,(H,40,41)(H,36,38,39). The Kier molecular flexibility index (Phi) is 7.25. The second-order valence-electron chi connectivity index (χ2n) is 11.3. The van der Waals surface area contributed by atoms with E-state index in [1.807, 2.05) is 50.8 Å². The van der Waals surface area contributed by atoms with Crippen LogP contribution in [0, 0.1) is 5.82 Å². The minimum Gasteiger partial charge on any atom is -0.384 e. The number of H-pyrrole nitrogens is 2. The lowest BCUT2D eigenvalue weighted by atomic mass is 10.0. The molecule has 5 aromatic heterocycles. The number of halogens is 1. The fourth-order valence-corrected chi connectivity index (χ4v) is 5.67. The summed E-state index contributed by atoms with van der Waals surface area (Å²) in [5.74, 6) is 0.219. The molecule has 11 heteroatoms. The number of hydrogen-bond donors (Lipinski definition) is 3. The molecule has 43 heavy (non-hydrogen) atoms. The lowest BCUT2D eigenvalue weighted by Crippen LogP contribution is -2.20. The van der Waals surface area contributed by atoms with Crippen LogP contribution in [0.4, 0.5) is 10.1 Å². The molecule has 0 amide bonds. The zero-order valence-electron chi connectivity index (χ0n) is 24.2. The first kappa shape index (κ1) is 27.1. The van der Waals surface area contributed by atoms with Gasteiger partial charge in [0.05, 0.1) is 16.7 Å². The van der Waals surface area contributed by atoms with Crippen molar-refractivity contribution < 1.29 is 4.39 Å². The highest BCUT2D eigenvalue weighted by atomic mass is 19.1. The predicted molar refractivity (Wildman–Crippen MR) is 167 cm³/mol. The van der Waals surface area contributed by atoms with Crippen LogP contribution >= 0.6 is 0 Å². The Morgan fingerprint density at radius 1 is 1.00 bits per heavy atom. The first-order chi connectivity index (χ1) is 21.0. The Bertz CT molecular complexity index is 1900. The van der Waals surface area contributed by atoms with Gasteiger partial charge < -0.3 is 15.2 Å². The number of imidazole rings is 1. The molecule has 218 valence electrons. The normalized spacial score (nSPS) is 14.0. The summed E-state index contributed by atoms with van der Waals surface area (Å²) in [6, 6.07) is 13.0. The Labute approximate surface area is 248 Å². The van der Waals surface area contributed by atoms with Crippen molar-refractivity contribution in [3.8, 4) is 33.9 Å². The summed E-state index contributed by atoms with van der Waals surface area (Å²) < 4.78 is 14.7. The van der Waals surface area contributed by atoms with E-state index in [4.69, 9.17) is 9.97 Å². The Hall–Kier alpha value is -4.74. The van der Waals surface area contributed by atoms with E-state index in [2.05, 4.69) is 46.3 Å². The van der Waals surface area contributed by atoms with Crippen molar-refractivity contribution in [3.63, 3.8) is 0 Å². The number of aromatic nitrogens is 7. The molecule has 6 aromatic rings. The van der Waals surface area contributed by atoms with Crippen molar-refractivity contribution in [2.45, 2.75) is 19.4 Å². The third kappa shape index (κ3) is 5.69. The SMILES string of the molecule is CN(C)CCNc1cc(F)cc(-c2ccnc3nc(-c4n[nH]c5ccc(-c6cncc(CN7CCCC7)c6)nc45)[nH]c23)c1. The largest absolute Gasteiger partial charge is 0.384 e. The topological polar surface area (TPSA) is 115 Å². The molecule has 6 heterocycles. The molecule has 0 aliphatic carbocycles. The summed E-state index contributed by atoms with van der Waals surface area (Å²) in [4.78, 5) is 26.7. The van der Waals surface area contributed by atoms with E-state index in [0.717, 1.165) is 59.8 Å². The smallest absolute Gasteiger partial charge is 0.178 e. The van der Waals surface area contributed by atoms with E-state index in [1.54, 1.807) is 6.20 Å². The fourth-order valence-electron chi connectivity index (χ4n) is 5.67. The van der Waals surface area contributed by atoms with Gasteiger partial charge in [0, 0.05) is 55.0 Å². The van der Waals surface area contributed by atoms with Gasteiger partial charge >= 0.3 is 0 Å². The van der Waals surface area contributed by atoms with E-state index in [1.165, 1.54) is 30.5 Å². The Morgan fingerprint density at radius 2 is 1.88 bits per heavy atom. The Morgan fingerprint density at radius 3 is 2.74 bits per heavy atom. The molecule has 1 saturated heterocycles. The van der Waals surface area contributed by atoms with Gasteiger partial charge in [-0.25, -0.2) is 19.3 Å². The van der Waals surface area contributed by atoms with Gasteiger partial charge in [0.1, 0.15) is 11.3 Å². The molecule has 1 aromatic carbocycles. The highest BCUT2D eigenvalue weighted by Gasteiger charge is 2.18. The maximum atomic E-state index is 14.7. The number of fused-ring (bicyclic) bond motifs is 2. The number of anilines is 1. The molecule has 1 aliphatic rings. The third-order valence-corrected chi connectivity index (χ3v) is 7.82. The van der Waals surface area contributed by atoms with Crippen molar-refractivity contribution >= 4 is 27.9 Å². The lowest BCUT2D eigenvalue weighted by Gasteiger charge is -2.14. The second-order valence-corrected chi connectivity index (χ2v) is 11.3. The zero-order valence-corrected chi connectivity index (χ0v) is 24.2. The Balaban J connectivity index is 1.22. The van der Waals surface area contributed by atoms with Crippen LogP contribution in [0.5, 0.6) is 0 Å². The number of benzene rings is 1. The van der Waals surface area contributed by atoms with Crippen LogP contribution in [0.1, 0.15) is 18.4 Å². The number of aromatic amines is 2. The average Bonchev–Trinajstić information content (AvgIpc) is 3.76. The molecule has 3 N–H and O–H groups in total. The first-order valence-electron chi connectivity index (χ1n) is 14.6. The molecule has 0 saturated carbocycles. The van der Waals surface area contributed by atoms with Gasteiger partial charge in [0.25, 0.3) is 0 Å². The summed E-state index contributed by atoms with van der Waals surface area (Å²) >= 11 is 0. The van der Waals surface area contributed by atoms with E-state index in [9.17, 15) is 4.39 Å². The number of rotatable bonds is 9. The van der Waals surface area contributed by atoms with Gasteiger partial charge in [-0.05, 0) is 93.6 Å². The molecule has 0 radical (unpaired) electrons. The fraction of sp³-hybridized carbons (Fsp3) is 0.281. The van der Waals surface area contributed by atoms with Crippen LogP contribution in [0.15, 0.2) is 61.1 Å². The molecule has 7 rings (SSSR count). The first-order valence-corrected chi connectivity index (χ1v) is 14.6. The van der Waals surface area contributed by atoms with Crippen molar-refractivity contribution in [1.29, 1.82) is 0 Å². The number of likely N-dealkylation sites (tertiary alicyclic amines) is 1. The average molecular weight is 577 g/mol. The van der Waals surface area contributed by atoms with Crippen LogP contribution in [0.25, 0.3) is 56.1 Å². The summed E-state index contributed by atoms with van der Waals surface area (Å²) in [5, 5.41) is 10.9. The highest BCUT2D eigenvalue weighted by molar-refractivity contribution is 5.95. The van der Waals surface area contributed by atoms with Crippen LogP contribution in [0.3, 0.4) is 0 Å².